The van der Waals surface area contributed by atoms with Gasteiger partial charge in [0.2, 0.25) is 0 Å². The smallest absolute Gasteiger partial charge is 0.442 e. The Morgan fingerprint density at radius 2 is 1.93 bits per heavy atom. The van der Waals surface area contributed by atoms with Crippen LogP contribution in [0.15, 0.2) is 58.0 Å². The van der Waals surface area contributed by atoms with Crippen molar-refractivity contribution in [1.82, 2.24) is 14.7 Å². The third-order valence-corrected chi connectivity index (χ3v) is 4.41. The van der Waals surface area contributed by atoms with E-state index in [9.17, 15) is 9.18 Å². The number of aromatic nitrogens is 3. The van der Waals surface area contributed by atoms with E-state index >= 15 is 0 Å². The Balaban J connectivity index is 1.82. The van der Waals surface area contributed by atoms with Crippen LogP contribution in [0, 0.1) is 5.82 Å². The van der Waals surface area contributed by atoms with Crippen LogP contribution in [0.5, 0.6) is 11.5 Å². The highest BCUT2D eigenvalue weighted by Crippen LogP contribution is 2.31. The summed E-state index contributed by atoms with van der Waals surface area (Å²) in [6.45, 7) is 0.0529. The maximum atomic E-state index is 14.0. The Morgan fingerprint density at radius 1 is 1.11 bits per heavy atom. The quantitative estimate of drug-likeness (QED) is 0.528. The van der Waals surface area contributed by atoms with Crippen LogP contribution in [-0.2, 0) is 6.54 Å². The first-order valence-corrected chi connectivity index (χ1v) is 8.43. The first-order valence-electron chi connectivity index (χ1n) is 8.43. The molecule has 0 fully saturated rings. The van der Waals surface area contributed by atoms with E-state index in [0.29, 0.717) is 39.4 Å². The molecule has 2 aromatic heterocycles. The third kappa shape index (κ3) is 3.09. The number of halogens is 1. The van der Waals surface area contributed by atoms with E-state index in [0.717, 1.165) is 0 Å². The summed E-state index contributed by atoms with van der Waals surface area (Å²) >= 11 is 0. The molecule has 0 aliphatic rings. The molecule has 0 saturated heterocycles. The highest BCUT2D eigenvalue weighted by molar-refractivity contribution is 5.81. The molecule has 2 heterocycles. The Morgan fingerprint density at radius 3 is 2.71 bits per heavy atom. The molecule has 4 rings (SSSR count). The second kappa shape index (κ2) is 7.15. The van der Waals surface area contributed by atoms with Crippen molar-refractivity contribution < 1.29 is 18.4 Å². The SMILES string of the molecule is COc1ccc(-c2noc(=O)n2Cc2cc(F)cc3cccnc23)cc1OC. The number of ether oxygens (including phenoxy) is 2. The molecular weight excluding hydrogens is 365 g/mol. The van der Waals surface area contributed by atoms with Crippen LogP contribution in [0.2, 0.25) is 0 Å². The number of methoxy groups -OCH3 is 2. The van der Waals surface area contributed by atoms with Gasteiger partial charge in [0.05, 0.1) is 26.3 Å². The molecule has 4 aromatic rings. The topological polar surface area (TPSA) is 79.4 Å². The molecule has 0 bridgehead atoms. The number of rotatable bonds is 5. The normalized spacial score (nSPS) is 11.0. The fraction of sp³-hybridized carbons (Fsp3) is 0.150. The van der Waals surface area contributed by atoms with E-state index in [1.807, 2.05) is 0 Å². The van der Waals surface area contributed by atoms with Crippen LogP contribution < -0.4 is 15.2 Å². The van der Waals surface area contributed by atoms with E-state index in [-0.39, 0.29) is 6.54 Å². The lowest BCUT2D eigenvalue weighted by molar-refractivity contribution is 0.355. The lowest BCUT2D eigenvalue weighted by atomic mass is 10.1. The van der Waals surface area contributed by atoms with Crippen molar-refractivity contribution in [3.63, 3.8) is 0 Å². The summed E-state index contributed by atoms with van der Waals surface area (Å²) in [5, 5.41) is 4.53. The summed E-state index contributed by atoms with van der Waals surface area (Å²) in [5.41, 5.74) is 1.75. The van der Waals surface area contributed by atoms with Crippen molar-refractivity contribution in [2.45, 2.75) is 6.54 Å². The highest BCUT2D eigenvalue weighted by atomic mass is 19.1. The van der Waals surface area contributed by atoms with Crippen LogP contribution in [0.1, 0.15) is 5.56 Å². The second-order valence-electron chi connectivity index (χ2n) is 6.07. The molecule has 0 atom stereocenters. The number of hydrogen-bond donors (Lipinski definition) is 0. The first-order chi connectivity index (χ1) is 13.6. The van der Waals surface area contributed by atoms with E-state index in [1.165, 1.54) is 30.9 Å². The predicted octanol–water partition coefficient (Wildman–Crippen LogP) is 3.26. The van der Waals surface area contributed by atoms with Crippen LogP contribution in [0.25, 0.3) is 22.3 Å². The van der Waals surface area contributed by atoms with Crippen LogP contribution >= 0.6 is 0 Å². The minimum Gasteiger partial charge on any atom is -0.493 e. The van der Waals surface area contributed by atoms with Gasteiger partial charge in [0, 0.05) is 22.7 Å². The van der Waals surface area contributed by atoms with Gasteiger partial charge in [-0.3, -0.25) is 14.1 Å². The van der Waals surface area contributed by atoms with Gasteiger partial charge in [-0.2, -0.15) is 0 Å². The van der Waals surface area contributed by atoms with E-state index < -0.39 is 11.6 Å². The van der Waals surface area contributed by atoms with Gasteiger partial charge in [0.25, 0.3) is 0 Å². The summed E-state index contributed by atoms with van der Waals surface area (Å²) in [6.07, 6.45) is 1.62. The van der Waals surface area contributed by atoms with Gasteiger partial charge in [-0.15, -0.1) is 0 Å². The van der Waals surface area contributed by atoms with Crippen molar-refractivity contribution in [3.8, 4) is 22.9 Å². The number of hydrogen-bond acceptors (Lipinski definition) is 6. The van der Waals surface area contributed by atoms with Gasteiger partial charge < -0.3 is 9.47 Å². The molecule has 0 amide bonds. The minimum atomic E-state index is -0.655. The summed E-state index contributed by atoms with van der Waals surface area (Å²) in [5.74, 6) is 0.258. The monoisotopic (exact) mass is 381 g/mol. The maximum absolute atomic E-state index is 14.0. The molecule has 7 nitrogen and oxygen atoms in total. The lowest BCUT2D eigenvalue weighted by Gasteiger charge is -2.10. The molecule has 0 aliphatic carbocycles. The molecule has 2 aromatic carbocycles. The molecule has 142 valence electrons. The molecule has 0 spiro atoms. The zero-order chi connectivity index (χ0) is 19.7. The molecule has 28 heavy (non-hydrogen) atoms. The fourth-order valence-electron chi connectivity index (χ4n) is 3.11. The average Bonchev–Trinajstić information content (AvgIpc) is 3.07. The first kappa shape index (κ1) is 17.7. The average molecular weight is 381 g/mol. The zero-order valence-electron chi connectivity index (χ0n) is 15.2. The third-order valence-electron chi connectivity index (χ3n) is 4.41. The van der Waals surface area contributed by atoms with Crippen LogP contribution in [-0.4, -0.2) is 28.9 Å². The Labute approximate surface area is 158 Å². The largest absolute Gasteiger partial charge is 0.493 e. The summed E-state index contributed by atoms with van der Waals surface area (Å²) in [6, 6.07) is 11.4. The van der Waals surface area contributed by atoms with E-state index in [1.54, 1.807) is 36.5 Å². The van der Waals surface area contributed by atoms with Gasteiger partial charge in [0.1, 0.15) is 5.82 Å². The highest BCUT2D eigenvalue weighted by Gasteiger charge is 2.17. The van der Waals surface area contributed by atoms with Crippen molar-refractivity contribution in [2.75, 3.05) is 14.2 Å². The molecule has 0 N–H and O–H groups in total. The predicted molar refractivity (Wildman–Crippen MR) is 100 cm³/mol. The van der Waals surface area contributed by atoms with E-state index in [4.69, 9.17) is 14.0 Å². The van der Waals surface area contributed by atoms with Crippen LogP contribution in [0.3, 0.4) is 0 Å². The zero-order valence-corrected chi connectivity index (χ0v) is 15.2. The maximum Gasteiger partial charge on any atom is 0.442 e. The fourth-order valence-corrected chi connectivity index (χ4v) is 3.11. The Kier molecular flexibility index (Phi) is 4.52. The van der Waals surface area contributed by atoms with Crippen molar-refractivity contribution in [1.29, 1.82) is 0 Å². The Bertz CT molecular complexity index is 1220. The van der Waals surface area contributed by atoms with Gasteiger partial charge >= 0.3 is 5.76 Å². The number of benzene rings is 2. The molecule has 0 saturated carbocycles. The molecule has 8 heteroatoms. The lowest BCUT2D eigenvalue weighted by Crippen LogP contribution is -2.17. The molecule has 0 unspecified atom stereocenters. The van der Waals surface area contributed by atoms with Gasteiger partial charge in [0.15, 0.2) is 17.3 Å². The number of fused-ring (bicyclic) bond motifs is 1. The molecular formula is C20H16FN3O4. The van der Waals surface area contributed by atoms with Gasteiger partial charge in [-0.25, -0.2) is 9.18 Å². The van der Waals surface area contributed by atoms with Crippen LogP contribution in [0.4, 0.5) is 4.39 Å². The molecule has 0 aliphatic heterocycles. The van der Waals surface area contributed by atoms with Gasteiger partial charge in [-0.1, -0.05) is 11.2 Å². The number of nitrogens with zero attached hydrogens (tertiary/aromatic N) is 3. The summed E-state index contributed by atoms with van der Waals surface area (Å²) in [7, 11) is 3.05. The van der Waals surface area contributed by atoms with Gasteiger partial charge in [-0.05, 0) is 36.4 Å². The van der Waals surface area contributed by atoms with Crippen molar-refractivity contribution in [2.24, 2.45) is 0 Å². The number of pyridine rings is 1. The van der Waals surface area contributed by atoms with E-state index in [2.05, 4.69) is 10.1 Å². The minimum absolute atomic E-state index is 0.0529. The summed E-state index contributed by atoms with van der Waals surface area (Å²) in [4.78, 5) is 16.6. The Hall–Kier alpha value is -3.68. The standard InChI is InChI=1S/C20H16FN3O4/c1-26-16-6-5-13(10-17(16)27-2)19-23-28-20(25)24(19)11-14-9-15(21)8-12-4-3-7-22-18(12)14/h3-10H,11H2,1-2H3. The molecule has 0 radical (unpaired) electrons. The van der Waals surface area contributed by atoms with Crippen molar-refractivity contribution in [3.05, 3.63) is 70.6 Å². The second-order valence-corrected chi connectivity index (χ2v) is 6.07. The summed E-state index contributed by atoms with van der Waals surface area (Å²) < 4.78 is 30.8. The van der Waals surface area contributed by atoms with Crippen molar-refractivity contribution >= 4 is 10.9 Å².